The number of benzene rings is 1. The van der Waals surface area contributed by atoms with Crippen LogP contribution in [-0.4, -0.2) is 39.0 Å². The molecule has 0 aliphatic heterocycles. The lowest BCUT2D eigenvalue weighted by Gasteiger charge is -2.21. The molecule has 1 aromatic carbocycles. The zero-order chi connectivity index (χ0) is 21.8. The van der Waals surface area contributed by atoms with Crippen molar-refractivity contribution in [3.8, 4) is 11.5 Å². The van der Waals surface area contributed by atoms with E-state index < -0.39 is 6.04 Å². The lowest BCUT2D eigenvalue weighted by molar-refractivity contribution is 0.393. The average Bonchev–Trinajstić information content (AvgIpc) is 3.16. The molecule has 9 nitrogen and oxygen atoms in total. The Kier molecular flexibility index (Phi) is 6.56. The van der Waals surface area contributed by atoms with E-state index in [1.54, 1.807) is 44.3 Å². The highest BCUT2D eigenvalue weighted by atomic mass is 79.9. The third-order valence-corrected chi connectivity index (χ3v) is 4.96. The molecule has 3 aromatic rings. The zero-order valence-corrected chi connectivity index (χ0v) is 18.8. The maximum atomic E-state index is 12.1. The minimum atomic E-state index is -0.451. The molecule has 0 aliphatic rings. The number of allylic oxidation sites excluding steroid dienone is 1. The van der Waals surface area contributed by atoms with E-state index in [0.717, 1.165) is 11.1 Å². The van der Waals surface area contributed by atoms with Crippen molar-refractivity contribution in [2.75, 3.05) is 19.5 Å². The number of ether oxygens (including phenoxy) is 2. The van der Waals surface area contributed by atoms with E-state index >= 15 is 0 Å². The Morgan fingerprint density at radius 2 is 1.90 bits per heavy atom. The first-order chi connectivity index (χ1) is 14.3. The second-order valence-corrected chi connectivity index (χ2v) is 7.72. The third-order valence-electron chi connectivity index (χ3n) is 4.40. The van der Waals surface area contributed by atoms with Gasteiger partial charge in [0.15, 0.2) is 5.82 Å². The van der Waals surface area contributed by atoms with Crippen LogP contribution in [0.3, 0.4) is 0 Å². The quantitative estimate of drug-likeness (QED) is 0.501. The number of hydrogen-bond acceptors (Lipinski definition) is 7. The van der Waals surface area contributed by atoms with E-state index in [0.29, 0.717) is 34.0 Å². The van der Waals surface area contributed by atoms with Crippen molar-refractivity contribution < 1.29 is 9.47 Å². The fourth-order valence-electron chi connectivity index (χ4n) is 3.00. The molecule has 0 aliphatic carbocycles. The smallest absolute Gasteiger partial charge is 0.264 e. The van der Waals surface area contributed by atoms with Crippen LogP contribution in [0.2, 0.25) is 0 Å². The monoisotopic (exact) mass is 474 g/mol. The Hall–Kier alpha value is -3.14. The van der Waals surface area contributed by atoms with Crippen LogP contribution < -0.4 is 20.3 Å². The number of methoxy groups -OCH3 is 2. The minimum Gasteiger partial charge on any atom is -0.497 e. The molecule has 3 rings (SSSR count). The van der Waals surface area contributed by atoms with Crippen LogP contribution in [0.25, 0.3) is 0 Å². The summed E-state index contributed by atoms with van der Waals surface area (Å²) in [7, 11) is 4.87. The zero-order valence-electron chi connectivity index (χ0n) is 17.2. The van der Waals surface area contributed by atoms with Crippen molar-refractivity contribution in [3.63, 3.8) is 0 Å². The molecule has 30 heavy (non-hydrogen) atoms. The van der Waals surface area contributed by atoms with Gasteiger partial charge in [-0.2, -0.15) is 0 Å². The van der Waals surface area contributed by atoms with E-state index in [1.807, 2.05) is 19.1 Å². The highest BCUT2D eigenvalue weighted by Crippen LogP contribution is 2.32. The number of anilines is 1. The van der Waals surface area contributed by atoms with Gasteiger partial charge in [-0.3, -0.25) is 4.79 Å². The lowest BCUT2D eigenvalue weighted by atomic mass is 10.0. The third kappa shape index (κ3) is 4.70. The van der Waals surface area contributed by atoms with Crippen molar-refractivity contribution in [3.05, 3.63) is 68.8 Å². The lowest BCUT2D eigenvalue weighted by Crippen LogP contribution is -2.22. The van der Waals surface area contributed by atoms with Crippen LogP contribution >= 0.6 is 15.9 Å². The van der Waals surface area contributed by atoms with E-state index in [4.69, 9.17) is 9.47 Å². The maximum Gasteiger partial charge on any atom is 0.264 e. The molecular weight excluding hydrogens is 452 g/mol. The van der Waals surface area contributed by atoms with Crippen LogP contribution in [-0.2, 0) is 13.6 Å². The number of tetrazole rings is 1. The number of hydrogen-bond donors (Lipinski definition) is 1. The summed E-state index contributed by atoms with van der Waals surface area (Å²) >= 11 is 3.31. The molecule has 0 amide bonds. The number of pyridine rings is 1. The van der Waals surface area contributed by atoms with Gasteiger partial charge in [0, 0.05) is 19.3 Å². The molecule has 2 heterocycles. The second-order valence-electron chi connectivity index (χ2n) is 6.87. The molecule has 1 unspecified atom stereocenters. The number of aryl methyl sites for hydroxylation is 1. The second kappa shape index (κ2) is 9.12. The molecule has 0 saturated heterocycles. The summed E-state index contributed by atoms with van der Waals surface area (Å²) in [6.07, 6.45) is 1.71. The summed E-state index contributed by atoms with van der Waals surface area (Å²) in [5.41, 5.74) is 2.32. The molecule has 2 aromatic heterocycles. The molecule has 1 atom stereocenters. The topological polar surface area (TPSA) is 96.1 Å². The van der Waals surface area contributed by atoms with Gasteiger partial charge >= 0.3 is 0 Å². The number of aromatic nitrogens is 5. The van der Waals surface area contributed by atoms with E-state index in [1.165, 1.54) is 4.57 Å². The Morgan fingerprint density at radius 1 is 1.23 bits per heavy atom. The predicted octanol–water partition coefficient (Wildman–Crippen LogP) is 2.93. The number of nitrogens with one attached hydrogen (secondary N) is 1. The van der Waals surface area contributed by atoms with E-state index in [2.05, 4.69) is 43.4 Å². The first-order valence-corrected chi connectivity index (χ1v) is 9.87. The van der Waals surface area contributed by atoms with Gasteiger partial charge < -0.3 is 19.4 Å². The summed E-state index contributed by atoms with van der Waals surface area (Å²) in [6, 6.07) is 6.83. The fraction of sp³-hybridized carbons (Fsp3) is 0.300. The first kappa shape index (κ1) is 21.6. The van der Waals surface area contributed by atoms with Crippen LogP contribution in [0.4, 0.5) is 5.69 Å². The van der Waals surface area contributed by atoms with Gasteiger partial charge in [0.25, 0.3) is 5.56 Å². The van der Waals surface area contributed by atoms with Gasteiger partial charge in [-0.05, 0) is 57.0 Å². The van der Waals surface area contributed by atoms with Gasteiger partial charge in [0.05, 0.1) is 30.9 Å². The van der Waals surface area contributed by atoms with Crippen molar-refractivity contribution in [1.82, 2.24) is 24.8 Å². The van der Waals surface area contributed by atoms with Crippen molar-refractivity contribution in [2.45, 2.75) is 19.5 Å². The summed E-state index contributed by atoms with van der Waals surface area (Å²) in [6.45, 7) is 6.33. The summed E-state index contributed by atoms with van der Waals surface area (Å²) < 4.78 is 14.5. The normalized spacial score (nSPS) is 11.8. The van der Waals surface area contributed by atoms with E-state index in [-0.39, 0.29) is 5.56 Å². The Balaban J connectivity index is 2.14. The standard InChI is InChI=1S/C20H23BrN6O3/c1-12(2)10-27-19(23-24-25-27)18(13-6-15(29-4)9-16(7-13)30-5)22-14-8-17(21)20(28)26(3)11-14/h6-9,11,18,22H,1,10H2,2-5H3. The number of halogens is 1. The summed E-state index contributed by atoms with van der Waals surface area (Å²) in [5, 5.41) is 15.6. The molecule has 0 fully saturated rings. The van der Waals surface area contributed by atoms with Crippen LogP contribution in [0.15, 0.2) is 51.9 Å². The molecule has 0 spiro atoms. The van der Waals surface area contributed by atoms with Gasteiger partial charge in [-0.15, -0.1) is 5.10 Å². The molecule has 10 heteroatoms. The summed E-state index contributed by atoms with van der Waals surface area (Å²) in [4.78, 5) is 12.1. The number of rotatable bonds is 8. The van der Waals surface area contributed by atoms with Gasteiger partial charge in [0.1, 0.15) is 17.5 Å². The van der Waals surface area contributed by atoms with Gasteiger partial charge in [-0.1, -0.05) is 12.2 Å². The van der Waals surface area contributed by atoms with E-state index in [9.17, 15) is 4.79 Å². The highest BCUT2D eigenvalue weighted by molar-refractivity contribution is 9.10. The predicted molar refractivity (Wildman–Crippen MR) is 117 cm³/mol. The fourth-order valence-corrected chi connectivity index (χ4v) is 3.52. The molecule has 158 valence electrons. The van der Waals surface area contributed by atoms with Crippen molar-refractivity contribution in [2.24, 2.45) is 7.05 Å². The Morgan fingerprint density at radius 3 is 2.47 bits per heavy atom. The molecule has 0 radical (unpaired) electrons. The first-order valence-electron chi connectivity index (χ1n) is 9.08. The molecular formula is C20H23BrN6O3. The SMILES string of the molecule is C=C(C)Cn1nnnc1C(Nc1cc(Br)c(=O)n(C)c1)c1cc(OC)cc(OC)c1. The average molecular weight is 475 g/mol. The molecule has 1 N–H and O–H groups in total. The van der Waals surface area contributed by atoms with Gasteiger partial charge in [-0.25, -0.2) is 4.68 Å². The Bertz CT molecular complexity index is 1080. The van der Waals surface area contributed by atoms with Crippen LogP contribution in [0.5, 0.6) is 11.5 Å². The van der Waals surface area contributed by atoms with Gasteiger partial charge in [0.2, 0.25) is 0 Å². The maximum absolute atomic E-state index is 12.1. The van der Waals surface area contributed by atoms with Crippen molar-refractivity contribution in [1.29, 1.82) is 0 Å². The largest absolute Gasteiger partial charge is 0.497 e. The molecule has 0 bridgehead atoms. The van der Waals surface area contributed by atoms with Crippen LogP contribution in [0.1, 0.15) is 24.4 Å². The summed E-state index contributed by atoms with van der Waals surface area (Å²) in [5.74, 6) is 1.85. The molecule has 0 saturated carbocycles. The Labute approximate surface area is 182 Å². The van der Waals surface area contributed by atoms with Crippen LogP contribution in [0, 0.1) is 0 Å². The minimum absolute atomic E-state index is 0.132. The highest BCUT2D eigenvalue weighted by Gasteiger charge is 2.23. The van der Waals surface area contributed by atoms with Crippen molar-refractivity contribution >= 4 is 21.6 Å². The number of nitrogens with zero attached hydrogens (tertiary/aromatic N) is 5.